The van der Waals surface area contributed by atoms with Crippen molar-refractivity contribution in [1.29, 1.82) is 0 Å². The van der Waals surface area contributed by atoms with Gasteiger partial charge >= 0.3 is 0 Å². The highest BCUT2D eigenvalue weighted by molar-refractivity contribution is 5.92. The number of rotatable bonds is 6. The number of amides is 1. The number of hydrogen-bond acceptors (Lipinski definition) is 2. The lowest BCUT2D eigenvalue weighted by molar-refractivity contribution is -0.117. The molecule has 128 valence electrons. The third-order valence-electron chi connectivity index (χ3n) is 3.75. The fourth-order valence-corrected chi connectivity index (χ4v) is 2.33. The van der Waals surface area contributed by atoms with Gasteiger partial charge in [-0.05, 0) is 48.9 Å². The number of para-hydroxylation sites is 1. The number of halogens is 3. The van der Waals surface area contributed by atoms with Crippen molar-refractivity contribution < 1.29 is 18.0 Å². The average molecular weight is 336 g/mol. The standard InChI is InChI=1S/C18H19F3N2O/c1-3-23(10-13-9-14(19)8-7-12(13)2)11-17(24)22-18-15(20)5-4-6-16(18)21/h4-9H,3,10-11H2,1-2H3,(H,22,24). The zero-order chi connectivity index (χ0) is 17.7. The Balaban J connectivity index is 2.04. The first-order valence-electron chi connectivity index (χ1n) is 7.62. The van der Waals surface area contributed by atoms with Crippen LogP contribution in [0.5, 0.6) is 0 Å². The average Bonchev–Trinajstić information content (AvgIpc) is 2.54. The summed E-state index contributed by atoms with van der Waals surface area (Å²) in [4.78, 5) is 13.8. The molecule has 6 heteroatoms. The number of carbonyl (C=O) groups excluding carboxylic acids is 1. The Kier molecular flexibility index (Phi) is 5.98. The molecule has 0 bridgehead atoms. The molecule has 24 heavy (non-hydrogen) atoms. The van der Waals surface area contributed by atoms with Crippen molar-refractivity contribution in [1.82, 2.24) is 4.90 Å². The molecule has 0 aliphatic carbocycles. The van der Waals surface area contributed by atoms with Crippen molar-refractivity contribution in [3.63, 3.8) is 0 Å². The molecule has 2 aromatic carbocycles. The Labute approximate surface area is 139 Å². The van der Waals surface area contributed by atoms with Gasteiger partial charge in [0.25, 0.3) is 0 Å². The molecule has 2 aromatic rings. The minimum Gasteiger partial charge on any atom is -0.320 e. The normalized spacial score (nSPS) is 10.9. The summed E-state index contributed by atoms with van der Waals surface area (Å²) in [5.41, 5.74) is 1.22. The van der Waals surface area contributed by atoms with E-state index in [0.29, 0.717) is 13.1 Å². The summed E-state index contributed by atoms with van der Waals surface area (Å²) in [6.45, 7) is 4.56. The van der Waals surface area contributed by atoms with Crippen molar-refractivity contribution >= 4 is 11.6 Å². The molecule has 1 N–H and O–H groups in total. The van der Waals surface area contributed by atoms with Crippen LogP contribution in [0.1, 0.15) is 18.1 Å². The Morgan fingerprint density at radius 2 is 1.79 bits per heavy atom. The maximum Gasteiger partial charge on any atom is 0.238 e. The number of hydrogen-bond donors (Lipinski definition) is 1. The third-order valence-corrected chi connectivity index (χ3v) is 3.75. The molecule has 0 fully saturated rings. The first kappa shape index (κ1) is 18.0. The Morgan fingerprint density at radius 3 is 2.42 bits per heavy atom. The molecule has 0 saturated heterocycles. The molecular formula is C18H19F3N2O. The molecule has 0 saturated carbocycles. The predicted octanol–water partition coefficient (Wildman–Crippen LogP) is 3.87. The first-order chi connectivity index (χ1) is 11.4. The van der Waals surface area contributed by atoms with Gasteiger partial charge in [-0.1, -0.05) is 19.1 Å². The maximum absolute atomic E-state index is 13.6. The number of carbonyl (C=O) groups is 1. The molecule has 2 rings (SSSR count). The van der Waals surface area contributed by atoms with Crippen LogP contribution in [0.3, 0.4) is 0 Å². The molecular weight excluding hydrogens is 317 g/mol. The highest BCUT2D eigenvalue weighted by Crippen LogP contribution is 2.18. The number of nitrogens with one attached hydrogen (secondary N) is 1. The summed E-state index contributed by atoms with van der Waals surface area (Å²) < 4.78 is 40.5. The topological polar surface area (TPSA) is 32.3 Å². The van der Waals surface area contributed by atoms with Gasteiger partial charge < -0.3 is 5.32 Å². The lowest BCUT2D eigenvalue weighted by atomic mass is 10.1. The summed E-state index contributed by atoms with van der Waals surface area (Å²) in [6.07, 6.45) is 0. The fourth-order valence-electron chi connectivity index (χ4n) is 2.33. The molecule has 0 heterocycles. The Morgan fingerprint density at radius 1 is 1.12 bits per heavy atom. The van der Waals surface area contributed by atoms with E-state index < -0.39 is 23.2 Å². The zero-order valence-electron chi connectivity index (χ0n) is 13.6. The van der Waals surface area contributed by atoms with E-state index in [4.69, 9.17) is 0 Å². The van der Waals surface area contributed by atoms with Crippen LogP contribution in [0.2, 0.25) is 0 Å². The van der Waals surface area contributed by atoms with E-state index >= 15 is 0 Å². The summed E-state index contributed by atoms with van der Waals surface area (Å²) >= 11 is 0. The molecule has 0 atom stereocenters. The third kappa shape index (κ3) is 4.58. The van der Waals surface area contributed by atoms with E-state index in [0.717, 1.165) is 23.3 Å². The van der Waals surface area contributed by atoms with Crippen molar-refractivity contribution in [2.24, 2.45) is 0 Å². The van der Waals surface area contributed by atoms with Crippen LogP contribution in [0.4, 0.5) is 18.9 Å². The minimum atomic E-state index is -0.827. The van der Waals surface area contributed by atoms with Gasteiger partial charge in [-0.3, -0.25) is 9.69 Å². The van der Waals surface area contributed by atoms with E-state index in [-0.39, 0.29) is 12.4 Å². The van der Waals surface area contributed by atoms with Gasteiger partial charge in [-0.15, -0.1) is 0 Å². The van der Waals surface area contributed by atoms with Crippen LogP contribution >= 0.6 is 0 Å². The van der Waals surface area contributed by atoms with Crippen LogP contribution < -0.4 is 5.32 Å². The van der Waals surface area contributed by atoms with Gasteiger partial charge in [0.05, 0.1) is 6.54 Å². The lowest BCUT2D eigenvalue weighted by Crippen LogP contribution is -2.33. The van der Waals surface area contributed by atoms with Crippen LogP contribution in [-0.4, -0.2) is 23.9 Å². The Bertz CT molecular complexity index is 714. The molecule has 3 nitrogen and oxygen atoms in total. The lowest BCUT2D eigenvalue weighted by Gasteiger charge is -2.21. The van der Waals surface area contributed by atoms with E-state index in [1.807, 2.05) is 13.8 Å². The molecule has 0 aliphatic rings. The van der Waals surface area contributed by atoms with E-state index in [2.05, 4.69) is 5.32 Å². The van der Waals surface area contributed by atoms with E-state index in [1.54, 1.807) is 11.0 Å². The highest BCUT2D eigenvalue weighted by atomic mass is 19.1. The zero-order valence-corrected chi connectivity index (χ0v) is 13.6. The number of anilines is 1. The summed E-state index contributed by atoms with van der Waals surface area (Å²) in [5, 5.41) is 2.25. The van der Waals surface area contributed by atoms with Crippen LogP contribution in [0.25, 0.3) is 0 Å². The monoisotopic (exact) mass is 336 g/mol. The highest BCUT2D eigenvalue weighted by Gasteiger charge is 2.15. The predicted molar refractivity (Wildman–Crippen MR) is 87.1 cm³/mol. The molecule has 0 aromatic heterocycles. The first-order valence-corrected chi connectivity index (χ1v) is 7.62. The smallest absolute Gasteiger partial charge is 0.238 e. The van der Waals surface area contributed by atoms with Crippen molar-refractivity contribution in [2.45, 2.75) is 20.4 Å². The molecule has 0 unspecified atom stereocenters. The van der Waals surface area contributed by atoms with Crippen molar-refractivity contribution in [2.75, 3.05) is 18.4 Å². The number of nitrogens with zero attached hydrogens (tertiary/aromatic N) is 1. The van der Waals surface area contributed by atoms with Gasteiger partial charge in [0.1, 0.15) is 23.1 Å². The molecule has 1 amide bonds. The molecule has 0 aliphatic heterocycles. The number of likely N-dealkylation sites (N-methyl/N-ethyl adjacent to an activating group) is 1. The van der Waals surface area contributed by atoms with Crippen molar-refractivity contribution in [3.05, 3.63) is 65.0 Å². The fraction of sp³-hybridized carbons (Fsp3) is 0.278. The second-order valence-corrected chi connectivity index (χ2v) is 5.52. The second kappa shape index (κ2) is 7.97. The second-order valence-electron chi connectivity index (χ2n) is 5.52. The van der Waals surface area contributed by atoms with Gasteiger partial charge in [0.2, 0.25) is 5.91 Å². The van der Waals surface area contributed by atoms with Gasteiger partial charge in [-0.25, -0.2) is 13.2 Å². The van der Waals surface area contributed by atoms with Gasteiger partial charge in [0.15, 0.2) is 0 Å². The van der Waals surface area contributed by atoms with Crippen LogP contribution in [0.15, 0.2) is 36.4 Å². The summed E-state index contributed by atoms with van der Waals surface area (Å²) in [6, 6.07) is 7.85. The summed E-state index contributed by atoms with van der Waals surface area (Å²) in [5.74, 6) is -2.53. The molecule has 0 radical (unpaired) electrons. The van der Waals surface area contributed by atoms with E-state index in [1.165, 1.54) is 18.2 Å². The van der Waals surface area contributed by atoms with Crippen LogP contribution in [-0.2, 0) is 11.3 Å². The van der Waals surface area contributed by atoms with E-state index in [9.17, 15) is 18.0 Å². The number of aryl methyl sites for hydroxylation is 1. The summed E-state index contributed by atoms with van der Waals surface area (Å²) in [7, 11) is 0. The van der Waals surface area contributed by atoms with Crippen molar-refractivity contribution in [3.8, 4) is 0 Å². The Hall–Kier alpha value is -2.34. The quantitative estimate of drug-likeness (QED) is 0.868. The van der Waals surface area contributed by atoms with Crippen LogP contribution in [0, 0.1) is 24.4 Å². The van der Waals surface area contributed by atoms with Gasteiger partial charge in [0, 0.05) is 6.54 Å². The van der Waals surface area contributed by atoms with Gasteiger partial charge in [-0.2, -0.15) is 0 Å². The maximum atomic E-state index is 13.6. The number of benzene rings is 2. The molecule has 0 spiro atoms. The minimum absolute atomic E-state index is 0.0553. The largest absolute Gasteiger partial charge is 0.320 e. The SMILES string of the molecule is CCN(CC(=O)Nc1c(F)cccc1F)Cc1cc(F)ccc1C.